The average Bonchev–Trinajstić information content (AvgIpc) is 1.99. The first-order valence-corrected chi connectivity index (χ1v) is 5.98. The highest BCUT2D eigenvalue weighted by Crippen LogP contribution is 1.99. The van der Waals surface area contributed by atoms with Crippen LogP contribution in [0.4, 0.5) is 0 Å². The maximum atomic E-state index is 3.48. The summed E-state index contributed by atoms with van der Waals surface area (Å²) in [6, 6.07) is 0.600. The Morgan fingerprint density at radius 1 is 0.867 bits per heavy atom. The van der Waals surface area contributed by atoms with Gasteiger partial charge in [0.1, 0.15) is 13.1 Å². The first kappa shape index (κ1) is 14.9. The van der Waals surface area contributed by atoms with Crippen molar-refractivity contribution in [2.24, 2.45) is 0 Å². The molecule has 92 valence electrons. The minimum absolute atomic E-state index is 0.600. The van der Waals surface area contributed by atoms with Crippen LogP contribution in [-0.4, -0.2) is 76.4 Å². The lowest BCUT2D eigenvalue weighted by atomic mass is 10.3. The van der Waals surface area contributed by atoms with Crippen LogP contribution in [0.5, 0.6) is 0 Å². The van der Waals surface area contributed by atoms with Crippen LogP contribution in [0.3, 0.4) is 0 Å². The molecule has 0 aliphatic carbocycles. The SMILES string of the molecule is CC(C)NCC[N+](C)(C)CC[N+](C)(C)C. The first-order valence-electron chi connectivity index (χ1n) is 5.98. The molecular formula is C12H31N3+2. The Labute approximate surface area is 96.2 Å². The van der Waals surface area contributed by atoms with E-state index in [-0.39, 0.29) is 0 Å². The van der Waals surface area contributed by atoms with Gasteiger partial charge in [0.2, 0.25) is 0 Å². The number of nitrogens with zero attached hydrogens (tertiary/aromatic N) is 2. The van der Waals surface area contributed by atoms with E-state index in [2.05, 4.69) is 54.4 Å². The van der Waals surface area contributed by atoms with Crippen LogP contribution >= 0.6 is 0 Å². The number of quaternary nitrogens is 2. The Kier molecular flexibility index (Phi) is 5.78. The largest absolute Gasteiger partial charge is 0.326 e. The van der Waals surface area contributed by atoms with E-state index in [0.29, 0.717) is 6.04 Å². The van der Waals surface area contributed by atoms with Gasteiger partial charge in [0, 0.05) is 12.6 Å². The molecule has 0 saturated carbocycles. The molecule has 0 aliphatic rings. The molecule has 0 aromatic rings. The molecule has 0 radical (unpaired) electrons. The predicted molar refractivity (Wildman–Crippen MR) is 67.9 cm³/mol. The zero-order valence-electron chi connectivity index (χ0n) is 11.8. The molecule has 15 heavy (non-hydrogen) atoms. The monoisotopic (exact) mass is 217 g/mol. The summed E-state index contributed by atoms with van der Waals surface area (Å²) in [5, 5.41) is 3.48. The molecule has 0 spiro atoms. The van der Waals surface area contributed by atoms with E-state index in [1.807, 2.05) is 0 Å². The van der Waals surface area contributed by atoms with Crippen LogP contribution in [0.2, 0.25) is 0 Å². The molecule has 0 saturated heterocycles. The van der Waals surface area contributed by atoms with Crippen LogP contribution < -0.4 is 5.32 Å². The number of rotatable bonds is 7. The van der Waals surface area contributed by atoms with Gasteiger partial charge in [-0.15, -0.1) is 0 Å². The van der Waals surface area contributed by atoms with E-state index in [0.717, 1.165) is 15.5 Å². The van der Waals surface area contributed by atoms with Crippen LogP contribution in [0.15, 0.2) is 0 Å². The van der Waals surface area contributed by atoms with Crippen LogP contribution in [0.25, 0.3) is 0 Å². The van der Waals surface area contributed by atoms with Crippen molar-refractivity contribution in [3.05, 3.63) is 0 Å². The highest BCUT2D eigenvalue weighted by molar-refractivity contribution is 4.51. The normalized spacial score (nSPS) is 13.6. The van der Waals surface area contributed by atoms with Gasteiger partial charge in [-0.25, -0.2) is 0 Å². The van der Waals surface area contributed by atoms with Gasteiger partial charge in [-0.2, -0.15) is 0 Å². The summed E-state index contributed by atoms with van der Waals surface area (Å²) in [7, 11) is 11.4. The minimum atomic E-state index is 0.600. The van der Waals surface area contributed by atoms with E-state index >= 15 is 0 Å². The third-order valence-corrected chi connectivity index (χ3v) is 2.65. The van der Waals surface area contributed by atoms with E-state index in [1.54, 1.807) is 0 Å². The minimum Gasteiger partial charge on any atom is -0.326 e. The summed E-state index contributed by atoms with van der Waals surface area (Å²) >= 11 is 0. The Morgan fingerprint density at radius 2 is 1.40 bits per heavy atom. The van der Waals surface area contributed by atoms with Gasteiger partial charge in [-0.3, -0.25) is 0 Å². The van der Waals surface area contributed by atoms with Crippen molar-refractivity contribution in [2.75, 3.05) is 61.4 Å². The summed E-state index contributed by atoms with van der Waals surface area (Å²) in [5.41, 5.74) is 0. The van der Waals surface area contributed by atoms with E-state index in [9.17, 15) is 0 Å². The van der Waals surface area contributed by atoms with Crippen LogP contribution in [0, 0.1) is 0 Å². The Balaban J connectivity index is 3.77. The standard InChI is InChI=1S/C12H31N3/c1-12(2)13-8-9-15(6,7)11-10-14(3,4)5/h12-13H,8-11H2,1-7H3/q+2. The molecule has 0 fully saturated rings. The maximum absolute atomic E-state index is 3.48. The lowest BCUT2D eigenvalue weighted by Gasteiger charge is -2.33. The third kappa shape index (κ3) is 10.2. The van der Waals surface area contributed by atoms with Crippen LogP contribution in [-0.2, 0) is 0 Å². The fourth-order valence-electron chi connectivity index (χ4n) is 1.34. The van der Waals surface area contributed by atoms with Gasteiger partial charge in [0.15, 0.2) is 0 Å². The van der Waals surface area contributed by atoms with Gasteiger partial charge >= 0.3 is 0 Å². The topological polar surface area (TPSA) is 12.0 Å². The number of hydrogen-bond donors (Lipinski definition) is 1. The maximum Gasteiger partial charge on any atom is 0.128 e. The van der Waals surface area contributed by atoms with Gasteiger partial charge in [0.25, 0.3) is 0 Å². The van der Waals surface area contributed by atoms with Crippen molar-refractivity contribution < 1.29 is 8.97 Å². The smallest absolute Gasteiger partial charge is 0.128 e. The molecular weight excluding hydrogens is 186 g/mol. The highest BCUT2D eigenvalue weighted by atomic mass is 15.4. The lowest BCUT2D eigenvalue weighted by molar-refractivity contribution is -0.936. The van der Waals surface area contributed by atoms with Gasteiger partial charge in [0.05, 0.1) is 41.8 Å². The van der Waals surface area contributed by atoms with Gasteiger partial charge in [-0.1, -0.05) is 13.8 Å². The molecule has 0 atom stereocenters. The molecule has 0 aliphatic heterocycles. The number of hydrogen-bond acceptors (Lipinski definition) is 1. The van der Waals surface area contributed by atoms with Gasteiger partial charge in [-0.05, 0) is 0 Å². The average molecular weight is 217 g/mol. The Hall–Kier alpha value is -0.120. The summed E-state index contributed by atoms with van der Waals surface area (Å²) in [6.45, 7) is 9.19. The van der Waals surface area contributed by atoms with E-state index in [1.165, 1.54) is 19.6 Å². The molecule has 0 aromatic carbocycles. The summed E-state index contributed by atoms with van der Waals surface area (Å²) in [5.74, 6) is 0. The second-order valence-electron chi connectivity index (χ2n) is 6.51. The fraction of sp³-hybridized carbons (Fsp3) is 1.00. The zero-order chi connectivity index (χ0) is 12.1. The molecule has 0 unspecified atom stereocenters. The predicted octanol–water partition coefficient (Wildman–Crippen LogP) is 0.767. The van der Waals surface area contributed by atoms with Crippen molar-refractivity contribution in [3.63, 3.8) is 0 Å². The zero-order valence-corrected chi connectivity index (χ0v) is 11.8. The quantitative estimate of drug-likeness (QED) is 0.621. The second kappa shape index (κ2) is 5.83. The second-order valence-corrected chi connectivity index (χ2v) is 6.51. The van der Waals surface area contributed by atoms with Crippen LogP contribution in [0.1, 0.15) is 13.8 Å². The summed E-state index contributed by atoms with van der Waals surface area (Å²) in [6.07, 6.45) is 0. The number of nitrogens with one attached hydrogen (secondary N) is 1. The third-order valence-electron chi connectivity index (χ3n) is 2.65. The molecule has 3 nitrogen and oxygen atoms in total. The molecule has 0 heterocycles. The Morgan fingerprint density at radius 3 is 1.80 bits per heavy atom. The van der Waals surface area contributed by atoms with E-state index in [4.69, 9.17) is 0 Å². The van der Waals surface area contributed by atoms with Crippen molar-refractivity contribution in [1.82, 2.24) is 5.32 Å². The number of likely N-dealkylation sites (N-methyl/N-ethyl adjacent to an activating group) is 2. The Bertz CT molecular complexity index is 168. The first-order chi connectivity index (χ1) is 6.62. The molecule has 0 amide bonds. The molecule has 1 N–H and O–H groups in total. The summed E-state index contributed by atoms with van der Waals surface area (Å²) in [4.78, 5) is 0. The van der Waals surface area contributed by atoms with Gasteiger partial charge < -0.3 is 14.3 Å². The summed E-state index contributed by atoms with van der Waals surface area (Å²) < 4.78 is 2.16. The van der Waals surface area contributed by atoms with Crippen molar-refractivity contribution in [1.29, 1.82) is 0 Å². The fourth-order valence-corrected chi connectivity index (χ4v) is 1.34. The molecule has 0 bridgehead atoms. The van der Waals surface area contributed by atoms with E-state index < -0.39 is 0 Å². The highest BCUT2D eigenvalue weighted by Gasteiger charge is 2.19. The van der Waals surface area contributed by atoms with Crippen molar-refractivity contribution in [2.45, 2.75) is 19.9 Å². The lowest BCUT2D eigenvalue weighted by Crippen LogP contribution is -2.51. The molecule has 3 heteroatoms. The van der Waals surface area contributed by atoms with Crippen molar-refractivity contribution >= 4 is 0 Å². The van der Waals surface area contributed by atoms with Crippen molar-refractivity contribution in [3.8, 4) is 0 Å². The molecule has 0 rings (SSSR count). The molecule has 0 aromatic heterocycles.